The van der Waals surface area contributed by atoms with E-state index in [1.165, 1.54) is 60.8 Å². The van der Waals surface area contributed by atoms with Gasteiger partial charge in [-0.25, -0.2) is 9.97 Å². The fourth-order valence-electron chi connectivity index (χ4n) is 11.4. The Hall–Kier alpha value is -8.86. The van der Waals surface area contributed by atoms with Gasteiger partial charge in [-0.3, -0.25) is 0 Å². The van der Waals surface area contributed by atoms with Crippen molar-refractivity contribution in [3.8, 4) is 78.7 Å². The molecule has 1 aliphatic rings. The van der Waals surface area contributed by atoms with Crippen molar-refractivity contribution >= 4 is 38.8 Å². The minimum atomic E-state index is 0.668. The van der Waals surface area contributed by atoms with Crippen LogP contribution in [0.5, 0.6) is 0 Å². The van der Waals surface area contributed by atoms with Gasteiger partial charge in [0.05, 0.1) is 33.6 Å². The highest BCUT2D eigenvalue weighted by atomic mass is 15.0. The van der Waals surface area contributed by atoms with Crippen LogP contribution < -0.4 is 0 Å². The van der Waals surface area contributed by atoms with Crippen molar-refractivity contribution in [3.63, 3.8) is 0 Å². The maximum atomic E-state index is 5.39. The molecule has 0 atom stereocenters. The monoisotopic (exact) mass is 910 g/mol. The van der Waals surface area contributed by atoms with Gasteiger partial charge in [0, 0.05) is 55.4 Å². The average molecular weight is 911 g/mol. The highest BCUT2D eigenvalue weighted by molar-refractivity contribution is 6.13. The van der Waals surface area contributed by atoms with Crippen molar-refractivity contribution in [1.29, 1.82) is 0 Å². The second kappa shape index (κ2) is 17.3. The third-order valence-electron chi connectivity index (χ3n) is 14.5. The van der Waals surface area contributed by atoms with E-state index in [0.717, 1.165) is 85.6 Å². The van der Waals surface area contributed by atoms with Crippen LogP contribution in [0.3, 0.4) is 0 Å². The number of nitrogens with zero attached hydrogens (tertiary/aromatic N) is 4. The summed E-state index contributed by atoms with van der Waals surface area (Å²) in [5, 5.41) is 3.72. The lowest BCUT2D eigenvalue weighted by molar-refractivity contribution is 0.968. The number of benzene rings is 9. The van der Waals surface area contributed by atoms with Gasteiger partial charge in [-0.05, 0) is 127 Å². The van der Waals surface area contributed by atoms with Crippen molar-refractivity contribution in [2.24, 2.45) is 0 Å². The molecule has 0 aliphatic heterocycles. The summed E-state index contributed by atoms with van der Waals surface area (Å²) in [6.07, 6.45) is 6.73. The number of allylic oxidation sites excluding steroid dienone is 1. The van der Waals surface area contributed by atoms with Crippen LogP contribution in [-0.2, 0) is 6.42 Å². The molecule has 4 heteroatoms. The largest absolute Gasteiger partial charge is 0.310 e. The Morgan fingerprint density at radius 3 is 1.59 bits per heavy atom. The van der Waals surface area contributed by atoms with Gasteiger partial charge in [0.1, 0.15) is 0 Å². The molecule has 0 bridgehead atoms. The van der Waals surface area contributed by atoms with Gasteiger partial charge < -0.3 is 9.13 Å². The third kappa shape index (κ3) is 7.30. The maximum absolute atomic E-state index is 5.39. The lowest BCUT2D eigenvalue weighted by Crippen LogP contribution is -2.04. The van der Waals surface area contributed by atoms with E-state index >= 15 is 0 Å². The molecule has 3 aromatic heterocycles. The molecule has 1 aliphatic carbocycles. The van der Waals surface area contributed by atoms with Crippen molar-refractivity contribution in [2.75, 3.05) is 0 Å². The first kappa shape index (κ1) is 42.3. The average Bonchev–Trinajstić information content (AvgIpc) is 3.93. The molecule has 71 heavy (non-hydrogen) atoms. The Kier molecular flexibility index (Phi) is 10.3. The van der Waals surface area contributed by atoms with E-state index in [1.54, 1.807) is 0 Å². The fraction of sp³-hybridized carbons (Fsp3) is 0.0746. The predicted octanol–water partition coefficient (Wildman–Crippen LogP) is 17.4. The Balaban J connectivity index is 1.15. The molecule has 0 N–H and O–H groups in total. The number of rotatable bonds is 8. The summed E-state index contributed by atoms with van der Waals surface area (Å²) in [5.74, 6) is 0.668. The summed E-state index contributed by atoms with van der Waals surface area (Å²) in [6, 6.07) is 77.1. The highest BCUT2D eigenvalue weighted by Crippen LogP contribution is 2.46. The first-order valence-electron chi connectivity index (χ1n) is 24.7. The zero-order chi connectivity index (χ0) is 47.6. The molecule has 13 rings (SSSR count). The molecular weight excluding hydrogens is 861 g/mol. The summed E-state index contributed by atoms with van der Waals surface area (Å²) >= 11 is 0. The second-order valence-corrected chi connectivity index (χ2v) is 19.0. The molecule has 0 amide bonds. The predicted molar refractivity (Wildman–Crippen MR) is 297 cm³/mol. The van der Waals surface area contributed by atoms with Crippen LogP contribution >= 0.6 is 0 Å². The molecule has 4 nitrogen and oxygen atoms in total. The first-order valence-corrected chi connectivity index (χ1v) is 24.7. The quantitative estimate of drug-likeness (QED) is 0.152. The van der Waals surface area contributed by atoms with Crippen molar-refractivity contribution in [1.82, 2.24) is 19.1 Å². The maximum Gasteiger partial charge on any atom is 0.160 e. The zero-order valence-electron chi connectivity index (χ0n) is 40.1. The smallest absolute Gasteiger partial charge is 0.160 e. The van der Waals surface area contributed by atoms with Crippen LogP contribution in [0.25, 0.3) is 117 Å². The number of para-hydroxylation sites is 1. The van der Waals surface area contributed by atoms with Crippen molar-refractivity contribution < 1.29 is 0 Å². The molecule has 9 aromatic carbocycles. The number of fused-ring (bicyclic) bond motifs is 6. The topological polar surface area (TPSA) is 35.6 Å². The third-order valence-corrected chi connectivity index (χ3v) is 14.5. The summed E-state index contributed by atoms with van der Waals surface area (Å²) in [5.41, 5.74) is 23.9. The summed E-state index contributed by atoms with van der Waals surface area (Å²) in [6.45, 7) is 6.67. The zero-order valence-corrected chi connectivity index (χ0v) is 40.1. The van der Waals surface area contributed by atoms with E-state index < -0.39 is 0 Å². The van der Waals surface area contributed by atoms with Gasteiger partial charge in [0.2, 0.25) is 0 Å². The van der Waals surface area contributed by atoms with Crippen LogP contribution in [0.15, 0.2) is 218 Å². The van der Waals surface area contributed by atoms with E-state index in [4.69, 9.17) is 9.97 Å². The number of hydrogen-bond acceptors (Lipinski definition) is 2. The molecule has 3 heterocycles. The molecule has 0 saturated heterocycles. The Bertz CT molecular complexity index is 3910. The van der Waals surface area contributed by atoms with Crippen LogP contribution in [-0.4, -0.2) is 19.1 Å². The number of hydrogen-bond donors (Lipinski definition) is 0. The summed E-state index contributed by atoms with van der Waals surface area (Å²) < 4.78 is 5.03. The second-order valence-electron chi connectivity index (χ2n) is 19.0. The first-order chi connectivity index (χ1) is 34.9. The van der Waals surface area contributed by atoms with Gasteiger partial charge in [-0.15, -0.1) is 0 Å². The van der Waals surface area contributed by atoms with E-state index in [1.807, 2.05) is 0 Å². The molecule has 0 fully saturated rings. The lowest BCUT2D eigenvalue weighted by atomic mass is 9.92. The van der Waals surface area contributed by atoms with E-state index in [9.17, 15) is 0 Å². The molecule has 0 saturated carbocycles. The summed E-state index contributed by atoms with van der Waals surface area (Å²) in [4.78, 5) is 10.8. The van der Waals surface area contributed by atoms with Crippen LogP contribution in [0.1, 0.15) is 34.4 Å². The lowest BCUT2D eigenvalue weighted by Gasteiger charge is -2.21. The van der Waals surface area contributed by atoms with Gasteiger partial charge in [0.25, 0.3) is 0 Å². The van der Waals surface area contributed by atoms with Gasteiger partial charge >= 0.3 is 0 Å². The van der Waals surface area contributed by atoms with E-state index in [2.05, 4.69) is 254 Å². The number of aromatic nitrogens is 4. The van der Waals surface area contributed by atoms with E-state index in [-0.39, 0.29) is 0 Å². The van der Waals surface area contributed by atoms with Crippen LogP contribution in [0.2, 0.25) is 0 Å². The van der Waals surface area contributed by atoms with Crippen molar-refractivity contribution in [3.05, 3.63) is 246 Å². The van der Waals surface area contributed by atoms with Crippen molar-refractivity contribution in [2.45, 2.75) is 33.6 Å². The van der Waals surface area contributed by atoms with Crippen LogP contribution in [0, 0.1) is 20.8 Å². The SMILES string of the molecule is Cc1cc(C)c(-c2ccc3c(c2)c2ccc(-n4c5c(c6ccccc64)CCC=C5)cc2n3-c2c(-c3ccccc3)cc(-c3nc(-c4ccccc4)cc(-c4ccccc4)n3)cc2-c2ccccc2)c(C)c1. The minimum absolute atomic E-state index is 0.668. The molecule has 0 radical (unpaired) electrons. The summed E-state index contributed by atoms with van der Waals surface area (Å²) in [7, 11) is 0. The Morgan fingerprint density at radius 1 is 0.408 bits per heavy atom. The Labute approximate surface area is 414 Å². The molecule has 0 spiro atoms. The normalized spacial score (nSPS) is 12.3. The fourth-order valence-corrected chi connectivity index (χ4v) is 11.4. The highest BCUT2D eigenvalue weighted by Gasteiger charge is 2.25. The van der Waals surface area contributed by atoms with Crippen LogP contribution in [0.4, 0.5) is 0 Å². The van der Waals surface area contributed by atoms with Gasteiger partial charge in [-0.2, -0.15) is 0 Å². The number of aryl methyl sites for hydroxylation is 4. The molecule has 0 unspecified atom stereocenters. The van der Waals surface area contributed by atoms with Gasteiger partial charge in [0.15, 0.2) is 5.82 Å². The van der Waals surface area contributed by atoms with E-state index in [0.29, 0.717) is 5.82 Å². The van der Waals surface area contributed by atoms with Gasteiger partial charge in [-0.1, -0.05) is 175 Å². The molecule has 338 valence electrons. The standard InChI is InChI=1S/C67H50N4/c1-43-36-44(2)65(45(3)37-43)50-32-35-63-58(38-50)55-34-33-52(70-61-30-18-16-28-53(61)54-29-17-19-31-62(54)70)41-64(55)71(63)66-56(46-20-8-4-9-21-46)39-51(40-57(66)47-22-10-5-11-23-47)67-68-59(48-24-12-6-13-25-48)42-60(69-67)49-26-14-7-15-27-49/h4-16,18-28,30-42H,17,29H2,1-3H3. The molecule has 12 aromatic rings. The Morgan fingerprint density at radius 2 is 0.972 bits per heavy atom. The molecular formula is C67H50N4. The minimum Gasteiger partial charge on any atom is -0.310 e.